The largest absolute Gasteiger partial charge is 0.504 e. The SMILES string of the molecule is COc1cc(C=NN=C(c2ccccc2)C23CN4CN(CN(C4)C2)C3)ccc1O. The van der Waals surface area contributed by atoms with Gasteiger partial charge in [-0.3, -0.25) is 14.7 Å². The summed E-state index contributed by atoms with van der Waals surface area (Å²) in [4.78, 5) is 7.47. The average molecular weight is 391 g/mol. The van der Waals surface area contributed by atoms with Crippen LogP contribution in [-0.2, 0) is 0 Å². The lowest BCUT2D eigenvalue weighted by molar-refractivity contribution is -0.149. The van der Waals surface area contributed by atoms with Crippen molar-refractivity contribution in [2.75, 3.05) is 46.8 Å². The average Bonchev–Trinajstić information content (AvgIpc) is 2.72. The van der Waals surface area contributed by atoms with Crippen LogP contribution in [0.3, 0.4) is 0 Å². The highest BCUT2D eigenvalue weighted by atomic mass is 16.5. The van der Waals surface area contributed by atoms with Crippen molar-refractivity contribution in [1.29, 1.82) is 0 Å². The number of aromatic hydroxyl groups is 1. The zero-order valence-electron chi connectivity index (χ0n) is 16.5. The van der Waals surface area contributed by atoms with Crippen LogP contribution in [0.1, 0.15) is 11.1 Å². The second-order valence-corrected chi connectivity index (χ2v) is 8.18. The normalized spacial score (nSPS) is 30.8. The van der Waals surface area contributed by atoms with E-state index in [0.717, 1.165) is 56.5 Å². The third-order valence-corrected chi connectivity index (χ3v) is 5.90. The van der Waals surface area contributed by atoms with E-state index < -0.39 is 0 Å². The van der Waals surface area contributed by atoms with Crippen LogP contribution in [0, 0.1) is 5.41 Å². The fraction of sp³-hybridized carbons (Fsp3) is 0.364. The Morgan fingerprint density at radius 3 is 2.28 bits per heavy atom. The second kappa shape index (κ2) is 7.26. The minimum absolute atomic E-state index is 0.0416. The van der Waals surface area contributed by atoms with Crippen molar-refractivity contribution in [2.24, 2.45) is 15.6 Å². The number of methoxy groups -OCH3 is 1. The van der Waals surface area contributed by atoms with Crippen LogP contribution in [-0.4, -0.2) is 78.5 Å². The summed E-state index contributed by atoms with van der Waals surface area (Å²) >= 11 is 0. The van der Waals surface area contributed by atoms with Crippen LogP contribution < -0.4 is 4.74 Å². The van der Waals surface area contributed by atoms with Crippen molar-refractivity contribution in [2.45, 2.75) is 0 Å². The van der Waals surface area contributed by atoms with Crippen LogP contribution in [0.25, 0.3) is 0 Å². The fourth-order valence-corrected chi connectivity index (χ4v) is 4.94. The van der Waals surface area contributed by atoms with Crippen molar-refractivity contribution < 1.29 is 9.84 Å². The molecule has 7 heteroatoms. The number of benzene rings is 2. The lowest BCUT2D eigenvalue weighted by Gasteiger charge is -2.60. The van der Waals surface area contributed by atoms with Gasteiger partial charge in [0, 0.05) is 19.6 Å². The first kappa shape index (κ1) is 18.3. The van der Waals surface area contributed by atoms with E-state index >= 15 is 0 Å². The summed E-state index contributed by atoms with van der Waals surface area (Å²) < 4.78 is 5.18. The molecule has 0 aliphatic carbocycles. The van der Waals surface area contributed by atoms with Gasteiger partial charge in [0.15, 0.2) is 11.5 Å². The monoisotopic (exact) mass is 391 g/mol. The molecule has 1 N–H and O–H groups in total. The van der Waals surface area contributed by atoms with Gasteiger partial charge < -0.3 is 9.84 Å². The van der Waals surface area contributed by atoms with E-state index in [0.29, 0.717) is 5.75 Å². The fourth-order valence-electron chi connectivity index (χ4n) is 4.94. The third-order valence-electron chi connectivity index (χ3n) is 5.90. The Balaban J connectivity index is 1.50. The summed E-state index contributed by atoms with van der Waals surface area (Å²) in [6.07, 6.45) is 1.71. The zero-order chi connectivity index (χ0) is 19.8. The predicted octanol–water partition coefficient (Wildman–Crippen LogP) is 2.03. The van der Waals surface area contributed by atoms with Crippen molar-refractivity contribution in [3.8, 4) is 11.5 Å². The molecule has 0 aromatic heterocycles. The molecule has 2 aromatic carbocycles. The lowest BCUT2D eigenvalue weighted by atomic mass is 9.74. The minimum Gasteiger partial charge on any atom is -0.504 e. The third kappa shape index (κ3) is 3.42. The predicted molar refractivity (Wildman–Crippen MR) is 112 cm³/mol. The molecule has 6 rings (SSSR count). The summed E-state index contributed by atoms with van der Waals surface area (Å²) in [5.41, 5.74) is 2.95. The highest BCUT2D eigenvalue weighted by Crippen LogP contribution is 2.38. The van der Waals surface area contributed by atoms with Gasteiger partial charge in [-0.15, -0.1) is 0 Å². The van der Waals surface area contributed by atoms with Gasteiger partial charge in [-0.05, 0) is 29.3 Å². The maximum Gasteiger partial charge on any atom is 0.161 e. The smallest absolute Gasteiger partial charge is 0.161 e. The van der Waals surface area contributed by atoms with Gasteiger partial charge in [-0.1, -0.05) is 30.3 Å². The van der Waals surface area contributed by atoms with Crippen LogP contribution in [0.4, 0.5) is 0 Å². The van der Waals surface area contributed by atoms with Gasteiger partial charge in [0.05, 0.1) is 44.5 Å². The number of hydrogen-bond acceptors (Lipinski definition) is 7. The van der Waals surface area contributed by atoms with Gasteiger partial charge in [-0.2, -0.15) is 10.2 Å². The molecule has 4 bridgehead atoms. The second-order valence-electron chi connectivity index (χ2n) is 8.18. The number of hydrogen-bond donors (Lipinski definition) is 1. The van der Waals surface area contributed by atoms with E-state index in [4.69, 9.17) is 9.84 Å². The molecular weight excluding hydrogens is 366 g/mol. The van der Waals surface area contributed by atoms with Gasteiger partial charge in [0.2, 0.25) is 0 Å². The Labute approximate surface area is 170 Å². The molecule has 4 fully saturated rings. The van der Waals surface area contributed by atoms with Crippen LogP contribution >= 0.6 is 0 Å². The van der Waals surface area contributed by atoms with Gasteiger partial charge >= 0.3 is 0 Å². The topological polar surface area (TPSA) is 63.9 Å². The molecule has 2 aromatic rings. The van der Waals surface area contributed by atoms with Crippen LogP contribution in [0.5, 0.6) is 11.5 Å². The molecule has 4 heterocycles. The molecule has 0 spiro atoms. The van der Waals surface area contributed by atoms with Gasteiger partial charge in [0.25, 0.3) is 0 Å². The molecule has 150 valence electrons. The first-order valence-electron chi connectivity index (χ1n) is 9.86. The Morgan fingerprint density at radius 1 is 1.00 bits per heavy atom. The summed E-state index contributed by atoms with van der Waals surface area (Å²) in [6, 6.07) is 15.5. The first-order valence-corrected chi connectivity index (χ1v) is 9.86. The molecule has 4 saturated heterocycles. The standard InChI is InChI=1S/C22H25N5O2/c1-29-20-9-17(7-8-19(20)28)10-23-24-21(18-5-3-2-4-6-18)22-11-25-14-26(12-22)16-27(13-22)15-25/h2-10,28H,11-16H2,1H3. The molecule has 0 atom stereocenters. The molecule has 7 nitrogen and oxygen atoms in total. The number of phenols is 1. The van der Waals surface area contributed by atoms with Crippen molar-refractivity contribution in [3.63, 3.8) is 0 Å². The molecule has 29 heavy (non-hydrogen) atoms. The zero-order valence-corrected chi connectivity index (χ0v) is 16.5. The number of phenolic OH excluding ortho intramolecular Hbond substituents is 1. The Bertz CT molecular complexity index is 922. The number of rotatable bonds is 5. The molecule has 0 saturated carbocycles. The van der Waals surface area contributed by atoms with Crippen molar-refractivity contribution in [3.05, 3.63) is 59.7 Å². The van der Waals surface area contributed by atoms with Crippen molar-refractivity contribution in [1.82, 2.24) is 14.7 Å². The van der Waals surface area contributed by atoms with Crippen molar-refractivity contribution >= 4 is 11.9 Å². The minimum atomic E-state index is -0.0416. The summed E-state index contributed by atoms with van der Waals surface area (Å²) in [5.74, 6) is 0.541. The maximum atomic E-state index is 9.78. The van der Waals surface area contributed by atoms with E-state index in [-0.39, 0.29) is 11.2 Å². The molecule has 0 unspecified atom stereocenters. The highest BCUT2D eigenvalue weighted by molar-refractivity contribution is 6.05. The molecule has 0 amide bonds. The van der Waals surface area contributed by atoms with E-state index in [9.17, 15) is 5.11 Å². The molecule has 4 aliphatic rings. The lowest BCUT2D eigenvalue weighted by Crippen LogP contribution is -2.74. The molecular formula is C22H25N5O2. The molecule has 4 aliphatic heterocycles. The maximum absolute atomic E-state index is 9.78. The molecule has 0 radical (unpaired) electrons. The first-order chi connectivity index (χ1) is 14.1. The van der Waals surface area contributed by atoms with E-state index in [1.807, 2.05) is 6.07 Å². The highest BCUT2D eigenvalue weighted by Gasteiger charge is 2.51. The van der Waals surface area contributed by atoms with Gasteiger partial charge in [-0.25, -0.2) is 0 Å². The van der Waals surface area contributed by atoms with Crippen LogP contribution in [0.2, 0.25) is 0 Å². The summed E-state index contributed by atoms with van der Waals surface area (Å²) in [5, 5.41) is 19.0. The Hall–Kier alpha value is -2.74. The van der Waals surface area contributed by atoms with E-state index in [1.54, 1.807) is 24.4 Å². The quantitative estimate of drug-likeness (QED) is 0.624. The number of nitrogens with zero attached hydrogens (tertiary/aromatic N) is 5. The Kier molecular flexibility index (Phi) is 4.58. The van der Waals surface area contributed by atoms with E-state index in [1.165, 1.54) is 7.11 Å². The van der Waals surface area contributed by atoms with Gasteiger partial charge in [0.1, 0.15) is 0 Å². The van der Waals surface area contributed by atoms with E-state index in [2.05, 4.69) is 44.1 Å². The summed E-state index contributed by atoms with van der Waals surface area (Å²) in [6.45, 7) is 6.15. The van der Waals surface area contributed by atoms with Crippen LogP contribution in [0.15, 0.2) is 58.7 Å². The Morgan fingerprint density at radius 2 is 1.66 bits per heavy atom. The number of ether oxygens (including phenoxy) is 1. The summed E-state index contributed by atoms with van der Waals surface area (Å²) in [7, 11) is 1.54.